The van der Waals surface area contributed by atoms with Crippen LogP contribution in [0.4, 0.5) is 5.69 Å². The summed E-state index contributed by atoms with van der Waals surface area (Å²) in [7, 11) is 0. The minimum Gasteiger partial charge on any atom is -0.368 e. The predicted molar refractivity (Wildman–Crippen MR) is 102 cm³/mol. The maximum Gasteiger partial charge on any atom is 0.294 e. The van der Waals surface area contributed by atoms with Crippen LogP contribution >= 0.6 is 23.4 Å². The van der Waals surface area contributed by atoms with Gasteiger partial charge in [-0.05, 0) is 25.1 Å². The lowest BCUT2D eigenvalue weighted by Gasteiger charge is -2.36. The van der Waals surface area contributed by atoms with Gasteiger partial charge in [0, 0.05) is 36.9 Å². The van der Waals surface area contributed by atoms with Crippen molar-refractivity contribution < 1.29 is 4.79 Å². The van der Waals surface area contributed by atoms with E-state index >= 15 is 0 Å². The number of aryl methyl sites for hydroxylation is 1. The van der Waals surface area contributed by atoms with E-state index in [-0.39, 0.29) is 22.5 Å². The zero-order valence-corrected chi connectivity index (χ0v) is 15.8. The van der Waals surface area contributed by atoms with E-state index in [1.165, 1.54) is 6.92 Å². The lowest BCUT2D eigenvalue weighted by molar-refractivity contribution is -0.128. The van der Waals surface area contributed by atoms with Crippen LogP contribution in [0.25, 0.3) is 0 Å². The smallest absolute Gasteiger partial charge is 0.294 e. The Kier molecular flexibility index (Phi) is 5.67. The lowest BCUT2D eigenvalue weighted by Crippen LogP contribution is -2.49. The molecule has 2 heterocycles. The molecular formula is C16H19ClN6O2S. The van der Waals surface area contributed by atoms with Gasteiger partial charge in [0.25, 0.3) is 5.56 Å². The molecule has 1 saturated heterocycles. The van der Waals surface area contributed by atoms with Gasteiger partial charge in [0.1, 0.15) is 5.69 Å². The number of piperazine rings is 1. The summed E-state index contributed by atoms with van der Waals surface area (Å²) in [5, 5.41) is 8.56. The fourth-order valence-corrected chi connectivity index (χ4v) is 3.61. The first-order valence-electron chi connectivity index (χ1n) is 8.08. The number of carbonyl (C=O) groups is 1. The second kappa shape index (κ2) is 7.96. The summed E-state index contributed by atoms with van der Waals surface area (Å²) in [5.41, 5.74) is 0.867. The summed E-state index contributed by atoms with van der Waals surface area (Å²) in [5.74, 6) is 5.82. The van der Waals surface area contributed by atoms with Gasteiger partial charge in [0.05, 0.1) is 5.75 Å². The second-order valence-electron chi connectivity index (χ2n) is 5.88. The molecular weight excluding hydrogens is 376 g/mol. The Morgan fingerprint density at radius 3 is 2.69 bits per heavy atom. The van der Waals surface area contributed by atoms with Crippen molar-refractivity contribution in [3.63, 3.8) is 0 Å². The number of anilines is 1. The Bertz CT molecular complexity index is 866. The molecule has 138 valence electrons. The highest BCUT2D eigenvalue weighted by Gasteiger charge is 2.22. The van der Waals surface area contributed by atoms with Crippen LogP contribution in [0.2, 0.25) is 5.02 Å². The minimum absolute atomic E-state index is 0.0180. The first-order chi connectivity index (χ1) is 12.5. The number of halogens is 1. The van der Waals surface area contributed by atoms with E-state index in [4.69, 9.17) is 17.4 Å². The second-order valence-corrected chi connectivity index (χ2v) is 7.26. The molecule has 10 heteroatoms. The monoisotopic (exact) mass is 394 g/mol. The normalized spacial score (nSPS) is 14.5. The molecule has 0 unspecified atom stereocenters. The van der Waals surface area contributed by atoms with Crippen molar-refractivity contribution in [1.82, 2.24) is 19.8 Å². The third kappa shape index (κ3) is 4.10. The summed E-state index contributed by atoms with van der Waals surface area (Å²) >= 11 is 7.15. The van der Waals surface area contributed by atoms with Crippen LogP contribution in [0.5, 0.6) is 0 Å². The van der Waals surface area contributed by atoms with E-state index in [0.29, 0.717) is 18.1 Å². The summed E-state index contributed by atoms with van der Waals surface area (Å²) in [4.78, 5) is 28.2. The molecule has 1 aromatic carbocycles. The summed E-state index contributed by atoms with van der Waals surface area (Å²) in [6, 6.07) is 7.69. The van der Waals surface area contributed by atoms with Gasteiger partial charge in [-0.2, -0.15) is 4.68 Å². The van der Waals surface area contributed by atoms with Crippen LogP contribution in [0, 0.1) is 6.92 Å². The molecule has 1 fully saturated rings. The number of hydrogen-bond donors (Lipinski definition) is 1. The van der Waals surface area contributed by atoms with Gasteiger partial charge in [-0.15, -0.1) is 10.2 Å². The van der Waals surface area contributed by atoms with Crippen molar-refractivity contribution in [1.29, 1.82) is 0 Å². The van der Waals surface area contributed by atoms with Crippen LogP contribution in [-0.2, 0) is 4.79 Å². The van der Waals surface area contributed by atoms with Crippen molar-refractivity contribution in [3.05, 3.63) is 45.3 Å². The average Bonchev–Trinajstić information content (AvgIpc) is 2.65. The number of amides is 1. The number of rotatable bonds is 4. The van der Waals surface area contributed by atoms with E-state index in [0.717, 1.165) is 35.2 Å². The standard InChI is InChI=1S/C16H19ClN6O2S/c1-11-15(25)23(18)16(20-19-11)26-10-14(24)22-7-5-21(6-8-22)13-4-2-3-12(17)9-13/h2-4,9H,5-8,10,18H2,1H3. The Hall–Kier alpha value is -2.26. The van der Waals surface area contributed by atoms with Crippen molar-refractivity contribution in [2.24, 2.45) is 0 Å². The van der Waals surface area contributed by atoms with Crippen molar-refractivity contribution >= 4 is 35.0 Å². The average molecular weight is 395 g/mol. The number of thioether (sulfide) groups is 1. The van der Waals surface area contributed by atoms with Gasteiger partial charge in [-0.3, -0.25) is 9.59 Å². The Balaban J connectivity index is 1.54. The van der Waals surface area contributed by atoms with Crippen LogP contribution in [0.15, 0.2) is 34.2 Å². The highest BCUT2D eigenvalue weighted by molar-refractivity contribution is 7.99. The fraction of sp³-hybridized carbons (Fsp3) is 0.375. The van der Waals surface area contributed by atoms with Crippen molar-refractivity contribution in [3.8, 4) is 0 Å². The maximum absolute atomic E-state index is 12.4. The van der Waals surface area contributed by atoms with Crippen LogP contribution < -0.4 is 16.3 Å². The molecule has 0 bridgehead atoms. The molecule has 1 aromatic heterocycles. The van der Waals surface area contributed by atoms with Gasteiger partial charge in [0.2, 0.25) is 11.1 Å². The molecule has 26 heavy (non-hydrogen) atoms. The minimum atomic E-state index is -0.412. The molecule has 0 atom stereocenters. The third-order valence-corrected chi connectivity index (χ3v) is 5.31. The fourth-order valence-electron chi connectivity index (χ4n) is 2.67. The molecule has 0 radical (unpaired) electrons. The first kappa shape index (κ1) is 18.5. The first-order valence-corrected chi connectivity index (χ1v) is 9.44. The molecule has 0 saturated carbocycles. The number of nitrogens with zero attached hydrogens (tertiary/aromatic N) is 5. The van der Waals surface area contributed by atoms with Gasteiger partial charge < -0.3 is 15.6 Å². The van der Waals surface area contributed by atoms with E-state index in [1.54, 1.807) is 4.90 Å². The number of benzene rings is 1. The quantitative estimate of drug-likeness (QED) is 0.603. The highest BCUT2D eigenvalue weighted by Crippen LogP contribution is 2.21. The van der Waals surface area contributed by atoms with Crippen LogP contribution in [0.3, 0.4) is 0 Å². The van der Waals surface area contributed by atoms with E-state index in [9.17, 15) is 9.59 Å². The number of hydrogen-bond acceptors (Lipinski definition) is 7. The van der Waals surface area contributed by atoms with Gasteiger partial charge >= 0.3 is 0 Å². The zero-order chi connectivity index (χ0) is 18.7. The van der Waals surface area contributed by atoms with Gasteiger partial charge in [-0.1, -0.05) is 29.4 Å². The van der Waals surface area contributed by atoms with Crippen LogP contribution in [0.1, 0.15) is 5.69 Å². The number of nitrogens with two attached hydrogens (primary N) is 1. The molecule has 1 aliphatic heterocycles. The Morgan fingerprint density at radius 2 is 2.00 bits per heavy atom. The number of aromatic nitrogens is 3. The molecule has 2 aromatic rings. The Labute approximate surface area is 159 Å². The highest BCUT2D eigenvalue weighted by atomic mass is 35.5. The zero-order valence-electron chi connectivity index (χ0n) is 14.3. The van der Waals surface area contributed by atoms with Crippen LogP contribution in [-0.4, -0.2) is 57.6 Å². The molecule has 1 amide bonds. The summed E-state index contributed by atoms with van der Waals surface area (Å²) in [6.07, 6.45) is 0. The van der Waals surface area contributed by atoms with E-state index in [2.05, 4.69) is 15.1 Å². The third-order valence-electron chi connectivity index (χ3n) is 4.15. The lowest BCUT2D eigenvalue weighted by atomic mass is 10.2. The maximum atomic E-state index is 12.4. The molecule has 1 aliphatic rings. The predicted octanol–water partition coefficient (Wildman–Crippen LogP) is 0.755. The SMILES string of the molecule is Cc1nnc(SCC(=O)N2CCN(c3cccc(Cl)c3)CC2)n(N)c1=O. The molecule has 2 N–H and O–H groups in total. The summed E-state index contributed by atoms with van der Waals surface area (Å²) < 4.78 is 0.928. The van der Waals surface area contributed by atoms with Gasteiger partial charge in [-0.25, -0.2) is 0 Å². The van der Waals surface area contributed by atoms with Crippen molar-refractivity contribution in [2.45, 2.75) is 12.1 Å². The number of carbonyl (C=O) groups excluding carboxylic acids is 1. The molecule has 8 nitrogen and oxygen atoms in total. The molecule has 0 aliphatic carbocycles. The molecule has 3 rings (SSSR count). The van der Waals surface area contributed by atoms with E-state index < -0.39 is 5.56 Å². The Morgan fingerprint density at radius 1 is 1.27 bits per heavy atom. The van der Waals surface area contributed by atoms with Crippen molar-refractivity contribution in [2.75, 3.05) is 42.7 Å². The molecule has 0 spiro atoms. The number of nitrogen functional groups attached to an aromatic ring is 1. The van der Waals surface area contributed by atoms with E-state index in [1.807, 2.05) is 24.3 Å². The topological polar surface area (TPSA) is 97.3 Å². The largest absolute Gasteiger partial charge is 0.368 e. The summed E-state index contributed by atoms with van der Waals surface area (Å²) in [6.45, 7) is 4.27. The van der Waals surface area contributed by atoms with Gasteiger partial charge in [0.15, 0.2) is 0 Å².